The second-order valence-electron chi connectivity index (χ2n) is 5.66. The molecule has 2 heterocycles. The molecule has 1 aromatic rings. The number of nitrogens with two attached hydrogens (primary N) is 1. The summed E-state index contributed by atoms with van der Waals surface area (Å²) in [5.41, 5.74) is 7.16. The first-order valence-corrected chi connectivity index (χ1v) is 8.11. The third kappa shape index (κ3) is 4.41. The van der Waals surface area contributed by atoms with Gasteiger partial charge in [-0.1, -0.05) is 6.07 Å². The van der Waals surface area contributed by atoms with Crippen LogP contribution in [0.1, 0.15) is 32.4 Å². The van der Waals surface area contributed by atoms with Gasteiger partial charge in [0.2, 0.25) is 0 Å². The van der Waals surface area contributed by atoms with E-state index in [9.17, 15) is 4.79 Å². The van der Waals surface area contributed by atoms with E-state index in [2.05, 4.69) is 20.9 Å². The number of halogens is 1. The minimum absolute atomic E-state index is 0.0424. The molecule has 2 atom stereocenters. The lowest BCUT2D eigenvalue weighted by Gasteiger charge is -2.39. The molecule has 0 saturated carbocycles. The third-order valence-electron chi connectivity index (χ3n) is 3.59. The monoisotopic (exact) mass is 355 g/mol. The molecule has 0 radical (unpaired) electrons. The highest BCUT2D eigenvalue weighted by Crippen LogP contribution is 2.21. The first-order valence-electron chi connectivity index (χ1n) is 7.31. The Bertz CT molecular complexity index is 496. The molecule has 1 saturated heterocycles. The Hall–Kier alpha value is -1.14. The van der Waals surface area contributed by atoms with E-state index in [0.29, 0.717) is 13.0 Å². The lowest BCUT2D eigenvalue weighted by Crippen LogP contribution is -2.55. The molecule has 1 amide bonds. The van der Waals surface area contributed by atoms with E-state index in [-0.39, 0.29) is 24.3 Å². The molecule has 0 spiro atoms. The molecule has 0 bridgehead atoms. The van der Waals surface area contributed by atoms with Crippen LogP contribution in [0.3, 0.4) is 0 Å². The van der Waals surface area contributed by atoms with Crippen molar-refractivity contribution in [2.75, 3.05) is 6.54 Å². The Kier molecular flexibility index (Phi) is 5.58. The van der Waals surface area contributed by atoms with Crippen molar-refractivity contribution in [2.45, 2.75) is 51.3 Å². The van der Waals surface area contributed by atoms with Crippen LogP contribution in [-0.2, 0) is 11.2 Å². The van der Waals surface area contributed by atoms with Gasteiger partial charge in [0, 0.05) is 24.7 Å². The van der Waals surface area contributed by atoms with Crippen molar-refractivity contribution in [2.24, 2.45) is 5.73 Å². The highest BCUT2D eigenvalue weighted by atomic mass is 79.9. The Morgan fingerprint density at radius 1 is 1.57 bits per heavy atom. The smallest absolute Gasteiger partial charge is 0.410 e. The van der Waals surface area contributed by atoms with Crippen LogP contribution in [0.15, 0.2) is 22.8 Å². The molecule has 6 heteroatoms. The first kappa shape index (κ1) is 16.2. The number of piperidine rings is 1. The van der Waals surface area contributed by atoms with E-state index >= 15 is 0 Å². The van der Waals surface area contributed by atoms with Gasteiger partial charge in [-0.25, -0.2) is 9.78 Å². The van der Waals surface area contributed by atoms with Gasteiger partial charge in [-0.2, -0.15) is 0 Å². The number of amides is 1. The van der Waals surface area contributed by atoms with Crippen molar-refractivity contribution >= 4 is 22.0 Å². The van der Waals surface area contributed by atoms with E-state index < -0.39 is 0 Å². The Balaban J connectivity index is 2.13. The lowest BCUT2D eigenvalue weighted by atomic mass is 9.93. The number of ether oxygens (including phenoxy) is 1. The largest absolute Gasteiger partial charge is 0.447 e. The Morgan fingerprint density at radius 2 is 2.33 bits per heavy atom. The number of likely N-dealkylation sites (tertiary alicyclic amines) is 1. The highest BCUT2D eigenvalue weighted by Gasteiger charge is 2.33. The van der Waals surface area contributed by atoms with Crippen LogP contribution in [0.25, 0.3) is 0 Å². The van der Waals surface area contributed by atoms with E-state index in [0.717, 1.165) is 23.1 Å². The molecule has 0 unspecified atom stereocenters. The summed E-state index contributed by atoms with van der Waals surface area (Å²) in [6.07, 6.45) is 2.08. The van der Waals surface area contributed by atoms with E-state index in [1.165, 1.54) is 0 Å². The van der Waals surface area contributed by atoms with Crippen molar-refractivity contribution in [3.8, 4) is 0 Å². The Labute approximate surface area is 134 Å². The van der Waals surface area contributed by atoms with Crippen LogP contribution in [0.4, 0.5) is 4.79 Å². The van der Waals surface area contributed by atoms with Gasteiger partial charge >= 0.3 is 6.09 Å². The predicted octanol–water partition coefficient (Wildman–Crippen LogP) is 2.72. The zero-order chi connectivity index (χ0) is 15.4. The fraction of sp³-hybridized carbons (Fsp3) is 0.600. The minimum Gasteiger partial charge on any atom is -0.447 e. The molecular formula is C15H22BrN3O2. The maximum Gasteiger partial charge on any atom is 0.410 e. The number of pyridine rings is 1. The van der Waals surface area contributed by atoms with Gasteiger partial charge < -0.3 is 15.4 Å². The van der Waals surface area contributed by atoms with Crippen LogP contribution in [-0.4, -0.2) is 40.7 Å². The molecule has 21 heavy (non-hydrogen) atoms. The van der Waals surface area contributed by atoms with Crippen molar-refractivity contribution in [3.05, 3.63) is 28.5 Å². The topological polar surface area (TPSA) is 68.5 Å². The van der Waals surface area contributed by atoms with E-state index in [4.69, 9.17) is 10.5 Å². The number of nitrogens with zero attached hydrogens (tertiary/aromatic N) is 2. The molecule has 1 fully saturated rings. The molecule has 1 aliphatic rings. The number of hydrogen-bond acceptors (Lipinski definition) is 4. The maximum atomic E-state index is 12.2. The SMILES string of the molecule is CC(C)OC(=O)N1CCC[C@H](N)[C@@H]1Cc1cccc(Br)n1. The van der Waals surface area contributed by atoms with E-state index in [1.54, 1.807) is 4.90 Å². The summed E-state index contributed by atoms with van der Waals surface area (Å²) in [6.45, 7) is 4.40. The molecule has 2 N–H and O–H groups in total. The average molecular weight is 356 g/mol. The summed E-state index contributed by atoms with van der Waals surface area (Å²) in [7, 11) is 0. The minimum atomic E-state index is -0.278. The van der Waals surface area contributed by atoms with Gasteiger partial charge in [0.25, 0.3) is 0 Å². The predicted molar refractivity (Wildman–Crippen MR) is 85.0 cm³/mol. The normalized spacial score (nSPS) is 22.4. The van der Waals surface area contributed by atoms with E-state index in [1.807, 2.05) is 32.0 Å². The van der Waals surface area contributed by atoms with Gasteiger partial charge in [0.1, 0.15) is 4.60 Å². The fourth-order valence-corrected chi connectivity index (χ4v) is 3.00. The summed E-state index contributed by atoms with van der Waals surface area (Å²) in [5.74, 6) is 0. The molecule has 1 aromatic heterocycles. The zero-order valence-electron chi connectivity index (χ0n) is 12.5. The van der Waals surface area contributed by atoms with Gasteiger partial charge in [-0.15, -0.1) is 0 Å². The first-order chi connectivity index (χ1) is 9.97. The van der Waals surface area contributed by atoms with Gasteiger partial charge in [0.15, 0.2) is 0 Å². The van der Waals surface area contributed by atoms with Gasteiger partial charge in [-0.3, -0.25) is 0 Å². The average Bonchev–Trinajstić information content (AvgIpc) is 2.40. The summed E-state index contributed by atoms with van der Waals surface area (Å²) in [6, 6.07) is 5.68. The molecule has 5 nitrogen and oxygen atoms in total. The standard InChI is InChI=1S/C15H22BrN3O2/c1-10(2)21-15(20)19-8-4-6-12(17)13(19)9-11-5-3-7-14(16)18-11/h3,5,7,10,12-13H,4,6,8-9,17H2,1-2H3/t12-,13-/m0/s1. The van der Waals surface area contributed by atoms with Crippen molar-refractivity contribution in [1.82, 2.24) is 9.88 Å². The quantitative estimate of drug-likeness (QED) is 0.846. The zero-order valence-corrected chi connectivity index (χ0v) is 14.0. The summed E-state index contributed by atoms with van der Waals surface area (Å²) < 4.78 is 6.12. The van der Waals surface area contributed by atoms with Crippen molar-refractivity contribution < 1.29 is 9.53 Å². The van der Waals surface area contributed by atoms with Crippen molar-refractivity contribution in [3.63, 3.8) is 0 Å². The summed E-state index contributed by atoms with van der Waals surface area (Å²) in [5, 5.41) is 0. The lowest BCUT2D eigenvalue weighted by molar-refractivity contribution is 0.0477. The number of aromatic nitrogens is 1. The highest BCUT2D eigenvalue weighted by molar-refractivity contribution is 9.10. The molecular weight excluding hydrogens is 334 g/mol. The van der Waals surface area contributed by atoms with Crippen LogP contribution in [0, 0.1) is 0 Å². The maximum absolute atomic E-state index is 12.2. The van der Waals surface area contributed by atoms with Crippen LogP contribution >= 0.6 is 15.9 Å². The number of rotatable bonds is 3. The van der Waals surface area contributed by atoms with Gasteiger partial charge in [-0.05, 0) is 54.8 Å². The van der Waals surface area contributed by atoms with Crippen LogP contribution < -0.4 is 5.73 Å². The summed E-state index contributed by atoms with van der Waals surface area (Å²) >= 11 is 3.37. The number of carbonyl (C=O) groups excluding carboxylic acids is 1. The Morgan fingerprint density at radius 3 is 3.00 bits per heavy atom. The van der Waals surface area contributed by atoms with Crippen LogP contribution in [0.2, 0.25) is 0 Å². The number of hydrogen-bond donors (Lipinski definition) is 1. The molecule has 1 aliphatic heterocycles. The molecule has 0 aliphatic carbocycles. The van der Waals surface area contributed by atoms with Crippen LogP contribution in [0.5, 0.6) is 0 Å². The van der Waals surface area contributed by atoms with Crippen molar-refractivity contribution in [1.29, 1.82) is 0 Å². The molecule has 0 aromatic carbocycles. The second-order valence-corrected chi connectivity index (χ2v) is 6.47. The second kappa shape index (κ2) is 7.22. The fourth-order valence-electron chi connectivity index (χ4n) is 2.62. The summed E-state index contributed by atoms with van der Waals surface area (Å²) in [4.78, 5) is 18.4. The third-order valence-corrected chi connectivity index (χ3v) is 4.03. The molecule has 116 valence electrons. The molecule has 2 rings (SSSR count). The number of carbonyl (C=O) groups is 1. The van der Waals surface area contributed by atoms with Gasteiger partial charge in [0.05, 0.1) is 12.1 Å².